The molecule has 1 aliphatic carbocycles. The van der Waals surface area contributed by atoms with Crippen molar-refractivity contribution in [2.24, 2.45) is 5.92 Å². The zero-order chi connectivity index (χ0) is 13.5. The number of nitrogens with one attached hydrogen (secondary N) is 1. The van der Waals surface area contributed by atoms with Gasteiger partial charge >= 0.3 is 0 Å². The van der Waals surface area contributed by atoms with Gasteiger partial charge in [0.1, 0.15) is 0 Å². The molecule has 1 N–H and O–H groups in total. The summed E-state index contributed by atoms with van der Waals surface area (Å²) in [6.45, 7) is 5.83. The molecule has 1 aliphatic rings. The highest BCUT2D eigenvalue weighted by atomic mass is 14.9. The fraction of sp³-hybridized carbons (Fsp3) is 0.667. The van der Waals surface area contributed by atoms with Crippen molar-refractivity contribution in [1.82, 2.24) is 5.32 Å². The maximum absolute atomic E-state index is 3.73. The first-order valence-electron chi connectivity index (χ1n) is 8.06. The van der Waals surface area contributed by atoms with E-state index >= 15 is 0 Å². The summed E-state index contributed by atoms with van der Waals surface area (Å²) in [4.78, 5) is 0. The van der Waals surface area contributed by atoms with Crippen molar-refractivity contribution >= 4 is 0 Å². The monoisotopic (exact) mass is 259 g/mol. The molecule has 19 heavy (non-hydrogen) atoms. The largest absolute Gasteiger partial charge is 0.313 e. The molecule has 106 valence electrons. The van der Waals surface area contributed by atoms with Gasteiger partial charge in [-0.3, -0.25) is 0 Å². The maximum Gasteiger partial charge on any atom is 0.0148 e. The molecule has 0 spiro atoms. The Bertz CT molecular complexity index is 345. The van der Waals surface area contributed by atoms with Crippen molar-refractivity contribution in [3.8, 4) is 0 Å². The van der Waals surface area contributed by atoms with Crippen molar-refractivity contribution < 1.29 is 0 Å². The van der Waals surface area contributed by atoms with Gasteiger partial charge in [-0.25, -0.2) is 0 Å². The van der Waals surface area contributed by atoms with E-state index in [2.05, 4.69) is 43.4 Å². The van der Waals surface area contributed by atoms with Crippen LogP contribution in [0.1, 0.15) is 57.1 Å². The topological polar surface area (TPSA) is 12.0 Å². The Morgan fingerprint density at radius 2 is 1.63 bits per heavy atom. The summed E-state index contributed by atoms with van der Waals surface area (Å²) in [6, 6.07) is 9.57. The molecule has 1 aromatic rings. The number of hydrogen-bond acceptors (Lipinski definition) is 1. The Labute approximate surface area is 118 Å². The number of unbranched alkanes of at least 4 members (excludes halogenated alkanes) is 3. The Morgan fingerprint density at radius 3 is 2.26 bits per heavy atom. The van der Waals surface area contributed by atoms with Crippen LogP contribution in [0.15, 0.2) is 24.3 Å². The van der Waals surface area contributed by atoms with E-state index in [4.69, 9.17) is 0 Å². The molecular weight excluding hydrogens is 230 g/mol. The quantitative estimate of drug-likeness (QED) is 0.684. The fourth-order valence-electron chi connectivity index (χ4n) is 3.04. The van der Waals surface area contributed by atoms with Crippen molar-refractivity contribution in [2.75, 3.05) is 6.54 Å². The van der Waals surface area contributed by atoms with Crippen molar-refractivity contribution in [3.05, 3.63) is 35.4 Å². The maximum atomic E-state index is 3.73. The van der Waals surface area contributed by atoms with Crippen molar-refractivity contribution in [3.63, 3.8) is 0 Å². The zero-order valence-electron chi connectivity index (χ0n) is 12.6. The van der Waals surface area contributed by atoms with Crippen LogP contribution in [0.2, 0.25) is 0 Å². The summed E-state index contributed by atoms with van der Waals surface area (Å²) in [6.07, 6.45) is 9.39. The molecule has 0 heterocycles. The summed E-state index contributed by atoms with van der Waals surface area (Å²) in [5.41, 5.74) is 3.11. The summed E-state index contributed by atoms with van der Waals surface area (Å²) >= 11 is 0. The number of fused-ring (bicyclic) bond motifs is 1. The first kappa shape index (κ1) is 14.6. The van der Waals surface area contributed by atoms with Gasteiger partial charge < -0.3 is 5.32 Å². The predicted octanol–water partition coefficient (Wildman–Crippen LogP) is 4.35. The predicted molar refractivity (Wildman–Crippen MR) is 83.6 cm³/mol. The van der Waals surface area contributed by atoms with Crippen molar-refractivity contribution in [1.29, 1.82) is 0 Å². The van der Waals surface area contributed by atoms with E-state index in [1.54, 1.807) is 11.1 Å². The van der Waals surface area contributed by atoms with E-state index in [0.717, 1.165) is 5.92 Å². The molecular formula is C18H29N. The number of rotatable bonds is 8. The average molecular weight is 259 g/mol. The van der Waals surface area contributed by atoms with Gasteiger partial charge in [-0.2, -0.15) is 0 Å². The third-order valence-electron chi connectivity index (χ3n) is 4.19. The third-order valence-corrected chi connectivity index (χ3v) is 4.19. The summed E-state index contributed by atoms with van der Waals surface area (Å²) in [5.74, 6) is 0.870. The second-order valence-electron chi connectivity index (χ2n) is 6.42. The van der Waals surface area contributed by atoms with Crippen LogP contribution in [0, 0.1) is 5.92 Å². The van der Waals surface area contributed by atoms with E-state index in [0.29, 0.717) is 6.04 Å². The van der Waals surface area contributed by atoms with E-state index in [1.165, 1.54) is 51.5 Å². The van der Waals surface area contributed by atoms with Crippen LogP contribution < -0.4 is 5.32 Å². The van der Waals surface area contributed by atoms with Crippen LogP contribution in [0.5, 0.6) is 0 Å². The third kappa shape index (κ3) is 4.99. The highest BCUT2D eigenvalue weighted by Crippen LogP contribution is 2.21. The van der Waals surface area contributed by atoms with Gasteiger partial charge in [0.05, 0.1) is 0 Å². The van der Waals surface area contributed by atoms with Crippen LogP contribution in [0.3, 0.4) is 0 Å². The zero-order valence-corrected chi connectivity index (χ0v) is 12.6. The SMILES string of the molecule is CC(C)CCCCCCNC1Cc2ccccc2C1. The molecule has 0 radical (unpaired) electrons. The molecule has 0 saturated heterocycles. The lowest BCUT2D eigenvalue weighted by molar-refractivity contribution is 0.487. The van der Waals surface area contributed by atoms with Gasteiger partial charge in [-0.05, 0) is 42.9 Å². The molecule has 1 heteroatoms. The lowest BCUT2D eigenvalue weighted by Gasteiger charge is -2.11. The Kier molecular flexibility index (Phi) is 5.91. The smallest absolute Gasteiger partial charge is 0.0148 e. The summed E-state index contributed by atoms with van der Waals surface area (Å²) in [7, 11) is 0. The first-order chi connectivity index (χ1) is 9.25. The van der Waals surface area contributed by atoms with Crippen LogP contribution in [0.25, 0.3) is 0 Å². The highest BCUT2D eigenvalue weighted by Gasteiger charge is 2.19. The standard InChI is InChI=1S/C18H29N/c1-15(2)9-5-3-4-8-12-19-18-13-16-10-6-7-11-17(16)14-18/h6-7,10-11,15,18-19H,3-5,8-9,12-14H2,1-2H3. The minimum atomic E-state index is 0.688. The van der Waals surface area contributed by atoms with E-state index in [1.807, 2.05) is 0 Å². The average Bonchev–Trinajstić information content (AvgIpc) is 2.79. The minimum Gasteiger partial charge on any atom is -0.313 e. The summed E-state index contributed by atoms with van der Waals surface area (Å²) in [5, 5.41) is 3.73. The van der Waals surface area contributed by atoms with E-state index < -0.39 is 0 Å². The van der Waals surface area contributed by atoms with Crippen LogP contribution in [-0.2, 0) is 12.8 Å². The highest BCUT2D eigenvalue weighted by molar-refractivity contribution is 5.33. The van der Waals surface area contributed by atoms with Gasteiger partial charge in [0.25, 0.3) is 0 Å². The van der Waals surface area contributed by atoms with Crippen LogP contribution >= 0.6 is 0 Å². The second kappa shape index (κ2) is 7.69. The Balaban J connectivity index is 1.52. The summed E-state index contributed by atoms with van der Waals surface area (Å²) < 4.78 is 0. The lowest BCUT2D eigenvalue weighted by atomic mass is 10.0. The molecule has 0 atom stereocenters. The normalized spacial score (nSPS) is 15.1. The molecule has 0 saturated carbocycles. The molecule has 0 unspecified atom stereocenters. The molecule has 0 amide bonds. The molecule has 1 aromatic carbocycles. The Hall–Kier alpha value is -0.820. The number of benzene rings is 1. The molecule has 0 aliphatic heterocycles. The second-order valence-corrected chi connectivity index (χ2v) is 6.42. The number of hydrogen-bond donors (Lipinski definition) is 1. The van der Waals surface area contributed by atoms with Gasteiger partial charge in [-0.15, -0.1) is 0 Å². The Morgan fingerprint density at radius 1 is 1.00 bits per heavy atom. The van der Waals surface area contributed by atoms with Gasteiger partial charge in [0.2, 0.25) is 0 Å². The van der Waals surface area contributed by atoms with Gasteiger partial charge in [0.15, 0.2) is 0 Å². The van der Waals surface area contributed by atoms with Crippen LogP contribution in [-0.4, -0.2) is 12.6 Å². The molecule has 0 fully saturated rings. The van der Waals surface area contributed by atoms with E-state index in [9.17, 15) is 0 Å². The lowest BCUT2D eigenvalue weighted by Crippen LogP contribution is -2.30. The molecule has 2 rings (SSSR count). The first-order valence-corrected chi connectivity index (χ1v) is 8.06. The molecule has 0 aromatic heterocycles. The minimum absolute atomic E-state index is 0.688. The van der Waals surface area contributed by atoms with Crippen molar-refractivity contribution in [2.45, 2.75) is 64.8 Å². The van der Waals surface area contributed by atoms with E-state index in [-0.39, 0.29) is 0 Å². The van der Waals surface area contributed by atoms with Gasteiger partial charge in [0, 0.05) is 6.04 Å². The van der Waals surface area contributed by atoms with Crippen LogP contribution in [0.4, 0.5) is 0 Å². The molecule has 1 nitrogen and oxygen atoms in total. The fourth-order valence-corrected chi connectivity index (χ4v) is 3.04. The van der Waals surface area contributed by atoms with Gasteiger partial charge in [-0.1, -0.05) is 63.8 Å². The molecule has 0 bridgehead atoms.